The Bertz CT molecular complexity index is 409. The molecule has 0 saturated carbocycles. The van der Waals surface area contributed by atoms with Crippen LogP contribution >= 0.6 is 0 Å². The van der Waals surface area contributed by atoms with Crippen molar-refractivity contribution in [2.75, 3.05) is 14.1 Å². The van der Waals surface area contributed by atoms with Crippen LogP contribution in [0, 0.1) is 17.4 Å². The normalized spacial score (nSPS) is 12.3. The summed E-state index contributed by atoms with van der Waals surface area (Å²) in [6.07, 6.45) is 1.66. The quantitative estimate of drug-likeness (QED) is 0.474. The van der Waals surface area contributed by atoms with Crippen LogP contribution < -0.4 is 5.32 Å². The number of nitrogens with one attached hydrogen (secondary N) is 1. The van der Waals surface area contributed by atoms with Crippen molar-refractivity contribution >= 4 is 12.0 Å². The lowest BCUT2D eigenvalue weighted by Crippen LogP contribution is -2.52. The van der Waals surface area contributed by atoms with E-state index in [-0.39, 0.29) is 11.8 Å². The summed E-state index contributed by atoms with van der Waals surface area (Å²) in [5.41, 5.74) is -0.634. The molecule has 1 atom stereocenters. The summed E-state index contributed by atoms with van der Waals surface area (Å²) in [5.74, 6) is -0.159. The minimum absolute atomic E-state index is 0.203. The molecule has 0 unspecified atom stereocenters. The standard InChI is InChI=1S/C14H26N4O3/c1-10(2)8-11(12(19)18(7)17(6)9-15)16-13(20)21-14(3,4)5/h10-11H,8H2,1-7H3,(H,16,20)/t11-/m0/s1. The Morgan fingerprint density at radius 3 is 2.19 bits per heavy atom. The molecule has 120 valence electrons. The van der Waals surface area contributed by atoms with Gasteiger partial charge in [-0.15, -0.1) is 0 Å². The minimum atomic E-state index is -0.736. The first-order valence-corrected chi connectivity index (χ1v) is 6.88. The largest absolute Gasteiger partial charge is 0.444 e. The van der Waals surface area contributed by atoms with E-state index >= 15 is 0 Å². The molecular weight excluding hydrogens is 272 g/mol. The van der Waals surface area contributed by atoms with E-state index in [1.807, 2.05) is 20.0 Å². The van der Waals surface area contributed by atoms with Crippen LogP contribution in [0.1, 0.15) is 41.0 Å². The molecule has 0 aromatic carbocycles. The first kappa shape index (κ1) is 19.0. The predicted molar refractivity (Wildman–Crippen MR) is 78.8 cm³/mol. The SMILES string of the molecule is CC(C)C[C@H](NC(=O)OC(C)(C)C)C(=O)N(C)N(C)C#N. The zero-order valence-electron chi connectivity index (χ0n) is 13.9. The fourth-order valence-corrected chi connectivity index (χ4v) is 1.58. The smallest absolute Gasteiger partial charge is 0.408 e. The Balaban J connectivity index is 4.92. The fourth-order valence-electron chi connectivity index (χ4n) is 1.58. The van der Waals surface area contributed by atoms with Gasteiger partial charge in [0.05, 0.1) is 0 Å². The number of hydrazine groups is 1. The summed E-state index contributed by atoms with van der Waals surface area (Å²) < 4.78 is 5.17. The number of hydrogen-bond acceptors (Lipinski definition) is 5. The van der Waals surface area contributed by atoms with Crippen LogP contribution in [0.4, 0.5) is 4.79 Å². The van der Waals surface area contributed by atoms with E-state index in [0.717, 1.165) is 5.01 Å². The number of alkyl carbamates (subject to hydrolysis) is 1. The number of ether oxygens (including phenoxy) is 1. The highest BCUT2D eigenvalue weighted by molar-refractivity contribution is 5.85. The van der Waals surface area contributed by atoms with Crippen molar-refractivity contribution < 1.29 is 14.3 Å². The summed E-state index contributed by atoms with van der Waals surface area (Å²) in [5, 5.41) is 13.7. The van der Waals surface area contributed by atoms with Gasteiger partial charge in [0.25, 0.3) is 5.91 Å². The molecule has 1 N–H and O–H groups in total. The van der Waals surface area contributed by atoms with Gasteiger partial charge in [-0.3, -0.25) is 4.79 Å². The average molecular weight is 298 g/mol. The van der Waals surface area contributed by atoms with Gasteiger partial charge in [0.2, 0.25) is 0 Å². The number of carbonyl (C=O) groups excluding carboxylic acids is 2. The molecule has 0 saturated heterocycles. The summed E-state index contributed by atoms with van der Waals surface area (Å²) >= 11 is 0. The molecule has 0 aliphatic rings. The summed E-state index contributed by atoms with van der Waals surface area (Å²) in [7, 11) is 2.95. The molecule has 0 heterocycles. The van der Waals surface area contributed by atoms with Gasteiger partial charge in [0.15, 0.2) is 6.19 Å². The van der Waals surface area contributed by atoms with E-state index in [1.54, 1.807) is 20.8 Å². The monoisotopic (exact) mass is 298 g/mol. The number of amides is 2. The third kappa shape index (κ3) is 7.40. The molecule has 0 aromatic heterocycles. The van der Waals surface area contributed by atoms with Gasteiger partial charge in [-0.1, -0.05) is 13.8 Å². The zero-order valence-corrected chi connectivity index (χ0v) is 13.9. The first-order chi connectivity index (χ1) is 9.47. The third-order valence-electron chi connectivity index (χ3n) is 2.61. The highest BCUT2D eigenvalue weighted by Crippen LogP contribution is 2.11. The molecule has 0 aromatic rings. The maximum absolute atomic E-state index is 12.3. The molecule has 0 spiro atoms. The van der Waals surface area contributed by atoms with E-state index in [4.69, 9.17) is 10.00 Å². The summed E-state index contributed by atoms with van der Waals surface area (Å²) in [6, 6.07) is -0.736. The second kappa shape index (κ2) is 7.72. The van der Waals surface area contributed by atoms with E-state index in [1.165, 1.54) is 19.1 Å². The van der Waals surface area contributed by atoms with Crippen LogP contribution in [0.2, 0.25) is 0 Å². The van der Waals surface area contributed by atoms with Crippen LogP contribution in [0.15, 0.2) is 0 Å². The van der Waals surface area contributed by atoms with Crippen LogP contribution in [0.5, 0.6) is 0 Å². The summed E-state index contributed by atoms with van der Waals surface area (Å²) in [4.78, 5) is 24.2. The lowest BCUT2D eigenvalue weighted by atomic mass is 10.0. The molecule has 0 radical (unpaired) electrons. The minimum Gasteiger partial charge on any atom is -0.444 e. The van der Waals surface area contributed by atoms with E-state index in [9.17, 15) is 9.59 Å². The Morgan fingerprint density at radius 2 is 1.81 bits per heavy atom. The second-order valence-corrected chi connectivity index (χ2v) is 6.31. The lowest BCUT2D eigenvalue weighted by molar-refractivity contribution is -0.142. The Hall–Kier alpha value is -1.97. The predicted octanol–water partition coefficient (Wildman–Crippen LogP) is 1.71. The van der Waals surface area contributed by atoms with Crippen molar-refractivity contribution in [3.8, 4) is 6.19 Å². The van der Waals surface area contributed by atoms with Gasteiger partial charge in [0.1, 0.15) is 11.6 Å². The number of nitriles is 1. The number of rotatable bonds is 5. The third-order valence-corrected chi connectivity index (χ3v) is 2.61. The van der Waals surface area contributed by atoms with Crippen molar-refractivity contribution in [1.29, 1.82) is 5.26 Å². The fraction of sp³-hybridized carbons (Fsp3) is 0.786. The topological polar surface area (TPSA) is 85.7 Å². The average Bonchev–Trinajstić information content (AvgIpc) is 2.32. The molecule has 21 heavy (non-hydrogen) atoms. The number of hydrogen-bond donors (Lipinski definition) is 1. The van der Waals surface area contributed by atoms with Crippen LogP contribution in [0.25, 0.3) is 0 Å². The maximum Gasteiger partial charge on any atom is 0.408 e. The molecular formula is C14H26N4O3. The summed E-state index contributed by atoms with van der Waals surface area (Å²) in [6.45, 7) is 9.15. The molecule has 7 nitrogen and oxygen atoms in total. The van der Waals surface area contributed by atoms with Gasteiger partial charge in [0, 0.05) is 14.1 Å². The zero-order chi connectivity index (χ0) is 16.8. The molecule has 0 rings (SSSR count). The van der Waals surface area contributed by atoms with Crippen LogP contribution in [0.3, 0.4) is 0 Å². The van der Waals surface area contributed by atoms with Gasteiger partial charge < -0.3 is 10.1 Å². The number of likely N-dealkylation sites (N-methyl/N-ethyl adjacent to an activating group) is 1. The molecule has 0 aliphatic heterocycles. The van der Waals surface area contributed by atoms with Crippen LogP contribution in [-0.2, 0) is 9.53 Å². The van der Waals surface area contributed by atoms with E-state index < -0.39 is 17.7 Å². The van der Waals surface area contributed by atoms with Crippen molar-refractivity contribution in [3.05, 3.63) is 0 Å². The molecule has 0 fully saturated rings. The highest BCUT2D eigenvalue weighted by atomic mass is 16.6. The second-order valence-electron chi connectivity index (χ2n) is 6.31. The van der Waals surface area contributed by atoms with Crippen molar-refractivity contribution in [2.45, 2.75) is 52.7 Å². The Morgan fingerprint density at radius 1 is 1.29 bits per heavy atom. The van der Waals surface area contributed by atoms with Gasteiger partial charge in [-0.05, 0) is 33.1 Å². The Labute approximate surface area is 126 Å². The maximum atomic E-state index is 12.3. The van der Waals surface area contributed by atoms with E-state index in [2.05, 4.69) is 5.32 Å². The lowest BCUT2D eigenvalue weighted by Gasteiger charge is -2.29. The van der Waals surface area contributed by atoms with E-state index in [0.29, 0.717) is 6.42 Å². The van der Waals surface area contributed by atoms with Crippen molar-refractivity contribution in [2.24, 2.45) is 5.92 Å². The first-order valence-electron chi connectivity index (χ1n) is 6.88. The van der Waals surface area contributed by atoms with Gasteiger partial charge in [-0.2, -0.15) is 5.26 Å². The molecule has 0 aliphatic carbocycles. The number of nitrogens with zero attached hydrogens (tertiary/aromatic N) is 3. The van der Waals surface area contributed by atoms with Gasteiger partial charge >= 0.3 is 6.09 Å². The Kier molecular flexibility index (Phi) is 6.99. The number of carbonyl (C=O) groups is 2. The molecule has 7 heteroatoms. The highest BCUT2D eigenvalue weighted by Gasteiger charge is 2.28. The van der Waals surface area contributed by atoms with Crippen molar-refractivity contribution in [3.63, 3.8) is 0 Å². The molecule has 2 amide bonds. The van der Waals surface area contributed by atoms with Gasteiger partial charge in [-0.25, -0.2) is 14.8 Å². The van der Waals surface area contributed by atoms with Crippen molar-refractivity contribution in [1.82, 2.24) is 15.3 Å². The molecule has 0 bridgehead atoms. The van der Waals surface area contributed by atoms with Crippen LogP contribution in [-0.4, -0.2) is 47.8 Å².